The molecule has 0 aliphatic carbocycles. The molecule has 0 radical (unpaired) electrons. The van der Waals surface area contributed by atoms with Crippen molar-refractivity contribution >= 4 is 16.9 Å². The number of alkyl halides is 1. The molecule has 1 atom stereocenters. The van der Waals surface area contributed by atoms with Gasteiger partial charge in [-0.3, -0.25) is 14.7 Å². The first-order valence-electron chi connectivity index (χ1n) is 15.2. The molecule has 1 aromatic heterocycles. The number of likely N-dealkylation sites (tertiary alicyclic amines) is 1. The summed E-state index contributed by atoms with van der Waals surface area (Å²) in [6, 6.07) is 6.73. The molecule has 11 heteroatoms. The van der Waals surface area contributed by atoms with Gasteiger partial charge in [0.1, 0.15) is 29.4 Å². The summed E-state index contributed by atoms with van der Waals surface area (Å²) in [7, 11) is 1.56. The molecule has 3 heterocycles. The van der Waals surface area contributed by atoms with Crippen molar-refractivity contribution < 1.29 is 36.9 Å². The van der Waals surface area contributed by atoms with Crippen LogP contribution in [0.2, 0.25) is 0 Å². The van der Waals surface area contributed by atoms with Crippen molar-refractivity contribution in [3.05, 3.63) is 70.7 Å². The van der Waals surface area contributed by atoms with Gasteiger partial charge >= 0.3 is 5.97 Å². The lowest BCUT2D eigenvalue weighted by atomic mass is 9.74. The van der Waals surface area contributed by atoms with Gasteiger partial charge in [-0.25, -0.2) is 17.6 Å². The van der Waals surface area contributed by atoms with E-state index in [4.69, 9.17) is 9.47 Å². The summed E-state index contributed by atoms with van der Waals surface area (Å²) in [5.74, 6) is -3.10. The number of aliphatic carboxylic acids is 1. The molecule has 2 aliphatic heterocycles. The summed E-state index contributed by atoms with van der Waals surface area (Å²) in [5, 5.41) is 10.9. The number of morpholine rings is 1. The van der Waals surface area contributed by atoms with Gasteiger partial charge in [0, 0.05) is 54.5 Å². The average Bonchev–Trinajstić information content (AvgIpc) is 3.01. The van der Waals surface area contributed by atoms with E-state index in [9.17, 15) is 23.1 Å². The highest BCUT2D eigenvalue weighted by atomic mass is 19.1. The first-order chi connectivity index (χ1) is 21.2. The summed E-state index contributed by atoms with van der Waals surface area (Å²) in [6.45, 7) is 4.70. The maximum atomic E-state index is 16.4. The van der Waals surface area contributed by atoms with E-state index in [-0.39, 0.29) is 24.8 Å². The monoisotopic (exact) mass is 617 g/mol. The van der Waals surface area contributed by atoms with Crippen LogP contribution in [0.4, 0.5) is 17.6 Å². The van der Waals surface area contributed by atoms with Gasteiger partial charge in [0.2, 0.25) is 0 Å². The maximum absolute atomic E-state index is 16.4. The maximum Gasteiger partial charge on any atom is 0.309 e. The zero-order valence-electron chi connectivity index (χ0n) is 25.0. The summed E-state index contributed by atoms with van der Waals surface area (Å²) in [6.07, 6.45) is 1.78. The third-order valence-electron chi connectivity index (χ3n) is 9.16. The van der Waals surface area contributed by atoms with E-state index in [1.807, 2.05) is 0 Å². The third-order valence-corrected chi connectivity index (χ3v) is 9.16. The van der Waals surface area contributed by atoms with Crippen LogP contribution in [0.1, 0.15) is 55.0 Å². The number of methoxy groups -OCH3 is 1. The van der Waals surface area contributed by atoms with Gasteiger partial charge < -0.3 is 19.5 Å². The highest BCUT2D eigenvalue weighted by Crippen LogP contribution is 2.42. The minimum Gasteiger partial charge on any atom is -0.497 e. The van der Waals surface area contributed by atoms with Crippen LogP contribution in [0.5, 0.6) is 5.75 Å². The molecule has 7 nitrogen and oxygen atoms in total. The molecular formula is C33H39F4N3O4. The van der Waals surface area contributed by atoms with Gasteiger partial charge in [0.05, 0.1) is 31.3 Å². The number of carboxylic acids is 1. The molecule has 1 unspecified atom stereocenters. The Morgan fingerprint density at radius 2 is 1.77 bits per heavy atom. The lowest BCUT2D eigenvalue weighted by Gasteiger charge is -2.39. The first-order valence-corrected chi connectivity index (χ1v) is 15.2. The van der Waals surface area contributed by atoms with E-state index in [1.54, 1.807) is 31.5 Å². The first kappa shape index (κ1) is 32.1. The number of piperidine rings is 1. The predicted molar refractivity (Wildman–Crippen MR) is 158 cm³/mol. The number of halogens is 4. The van der Waals surface area contributed by atoms with Crippen LogP contribution in [-0.4, -0.2) is 78.9 Å². The Bertz CT molecular complexity index is 1440. The molecule has 0 bridgehead atoms. The van der Waals surface area contributed by atoms with Crippen molar-refractivity contribution in [2.75, 3.05) is 53.0 Å². The van der Waals surface area contributed by atoms with E-state index in [0.29, 0.717) is 93.0 Å². The molecule has 2 fully saturated rings. The molecule has 0 spiro atoms. The Morgan fingerprint density at radius 1 is 1.07 bits per heavy atom. The standard InChI is InChI=1S/C33H39F4N3O4/c1-43-24-4-5-30-26(19-24)31(22(20-38-30)21-40-13-15-44-16-14-40)27(35)6-7-33(32(41)42)8-11-39(12-9-33)10-2-3-25-28(36)17-23(34)18-29(25)37/h4-5,17-20,27H,2-3,6-16,21H2,1H3,(H,41,42). The van der Waals surface area contributed by atoms with Crippen LogP contribution in [-0.2, 0) is 22.5 Å². The Balaban J connectivity index is 1.25. The van der Waals surface area contributed by atoms with E-state index in [1.165, 1.54) is 0 Å². The smallest absolute Gasteiger partial charge is 0.309 e. The van der Waals surface area contributed by atoms with Crippen LogP contribution in [0, 0.1) is 22.9 Å². The Hall–Kier alpha value is -3.28. The number of aromatic nitrogens is 1. The van der Waals surface area contributed by atoms with Gasteiger partial charge in [0.15, 0.2) is 0 Å². The Kier molecular flexibility index (Phi) is 10.4. The fourth-order valence-corrected chi connectivity index (χ4v) is 6.47. The molecule has 2 aromatic carbocycles. The second kappa shape index (κ2) is 14.2. The largest absolute Gasteiger partial charge is 0.497 e. The molecule has 3 aromatic rings. The lowest BCUT2D eigenvalue weighted by molar-refractivity contribution is -0.153. The van der Waals surface area contributed by atoms with Gasteiger partial charge in [-0.2, -0.15) is 0 Å². The Morgan fingerprint density at radius 3 is 2.43 bits per heavy atom. The average molecular weight is 618 g/mol. The number of ether oxygens (including phenoxy) is 2. The highest BCUT2D eigenvalue weighted by molar-refractivity contribution is 5.85. The molecule has 44 heavy (non-hydrogen) atoms. The van der Waals surface area contributed by atoms with Crippen molar-refractivity contribution in [2.45, 2.75) is 51.2 Å². The molecule has 5 rings (SSSR count). The minimum atomic E-state index is -1.40. The SMILES string of the molecule is COc1ccc2ncc(CN3CCOCC3)c(C(F)CCC3(C(=O)O)CCN(CCCc4c(F)cc(F)cc4F)CC3)c2c1. The highest BCUT2D eigenvalue weighted by Gasteiger charge is 2.42. The zero-order valence-corrected chi connectivity index (χ0v) is 25.0. The predicted octanol–water partition coefficient (Wildman–Crippen LogP) is 6.08. The van der Waals surface area contributed by atoms with Crippen LogP contribution in [0.3, 0.4) is 0 Å². The number of hydrogen-bond acceptors (Lipinski definition) is 6. The second-order valence-corrected chi connectivity index (χ2v) is 11.9. The fourth-order valence-electron chi connectivity index (χ4n) is 6.47. The number of nitrogens with zero attached hydrogens (tertiary/aromatic N) is 3. The molecule has 2 saturated heterocycles. The van der Waals surface area contributed by atoms with Crippen LogP contribution < -0.4 is 4.74 Å². The zero-order chi connectivity index (χ0) is 31.3. The van der Waals surface area contributed by atoms with E-state index < -0.39 is 35.0 Å². The normalized spacial score (nSPS) is 18.4. The van der Waals surface area contributed by atoms with Crippen molar-refractivity contribution in [1.29, 1.82) is 0 Å². The topological polar surface area (TPSA) is 75.1 Å². The quantitative estimate of drug-likeness (QED) is 0.247. The van der Waals surface area contributed by atoms with Gasteiger partial charge in [-0.1, -0.05) is 0 Å². The second-order valence-electron chi connectivity index (χ2n) is 11.9. The van der Waals surface area contributed by atoms with E-state index >= 15 is 4.39 Å². The summed E-state index contributed by atoms with van der Waals surface area (Å²) >= 11 is 0. The van der Waals surface area contributed by atoms with Gasteiger partial charge in [-0.15, -0.1) is 0 Å². The molecular weight excluding hydrogens is 578 g/mol. The number of benzene rings is 2. The third kappa shape index (κ3) is 7.33. The fraction of sp³-hybridized carbons (Fsp3) is 0.515. The van der Waals surface area contributed by atoms with Crippen molar-refractivity contribution in [2.24, 2.45) is 5.41 Å². The molecule has 0 saturated carbocycles. The molecule has 238 valence electrons. The van der Waals surface area contributed by atoms with Gasteiger partial charge in [0.25, 0.3) is 0 Å². The van der Waals surface area contributed by atoms with E-state index in [0.717, 1.165) is 18.7 Å². The van der Waals surface area contributed by atoms with Crippen molar-refractivity contribution in [3.8, 4) is 5.75 Å². The summed E-state index contributed by atoms with van der Waals surface area (Å²) in [4.78, 5) is 21.4. The van der Waals surface area contributed by atoms with Crippen molar-refractivity contribution in [1.82, 2.24) is 14.8 Å². The molecule has 0 amide bonds. The number of hydrogen-bond donors (Lipinski definition) is 1. The minimum absolute atomic E-state index is 0.0435. The van der Waals surface area contributed by atoms with Gasteiger partial charge in [-0.05, 0) is 81.9 Å². The molecule has 2 aliphatic rings. The van der Waals surface area contributed by atoms with Crippen LogP contribution >= 0.6 is 0 Å². The van der Waals surface area contributed by atoms with E-state index in [2.05, 4.69) is 14.8 Å². The lowest BCUT2D eigenvalue weighted by Crippen LogP contribution is -2.44. The number of carbonyl (C=O) groups is 1. The summed E-state index contributed by atoms with van der Waals surface area (Å²) < 4.78 is 68.5. The van der Waals surface area contributed by atoms with Crippen molar-refractivity contribution in [3.63, 3.8) is 0 Å². The van der Waals surface area contributed by atoms with Crippen LogP contribution in [0.15, 0.2) is 36.5 Å². The summed E-state index contributed by atoms with van der Waals surface area (Å²) in [5.41, 5.74) is 0.732. The van der Waals surface area contributed by atoms with Crippen LogP contribution in [0.25, 0.3) is 10.9 Å². The molecule has 1 N–H and O–H groups in total. The Labute approximate surface area is 254 Å². The number of rotatable bonds is 12. The number of pyridine rings is 1. The number of carboxylic acid groups (broad SMARTS) is 1. The number of fused-ring (bicyclic) bond motifs is 1.